The fraction of sp³-hybridized carbons (Fsp3) is 0.667. The normalized spacial score (nSPS) is 24.0. The van der Waals surface area contributed by atoms with E-state index in [1.165, 1.54) is 31.2 Å². The molecule has 1 saturated heterocycles. The average molecular weight is 317 g/mol. The number of aliphatic carboxylic acids is 1. The summed E-state index contributed by atoms with van der Waals surface area (Å²) in [5, 5.41) is 9.41. The van der Waals surface area contributed by atoms with Crippen molar-refractivity contribution in [3.63, 3.8) is 0 Å². The molecule has 1 spiro atoms. The molecule has 126 valence electrons. The Hall–Kier alpha value is -1.62. The van der Waals surface area contributed by atoms with Crippen LogP contribution in [0, 0.1) is 5.92 Å². The van der Waals surface area contributed by atoms with Crippen LogP contribution in [0.25, 0.3) is 0 Å². The Morgan fingerprint density at radius 3 is 2.65 bits per heavy atom. The zero-order valence-corrected chi connectivity index (χ0v) is 14.2. The van der Waals surface area contributed by atoms with Gasteiger partial charge in [0.2, 0.25) is 0 Å². The Morgan fingerprint density at radius 2 is 2.09 bits per heavy atom. The van der Waals surface area contributed by atoms with Crippen LogP contribution in [0.1, 0.15) is 44.1 Å². The van der Waals surface area contributed by atoms with Crippen LogP contribution in [0.4, 0.5) is 5.82 Å². The van der Waals surface area contributed by atoms with E-state index in [1.54, 1.807) is 0 Å². The molecule has 5 heteroatoms. The molecule has 23 heavy (non-hydrogen) atoms. The van der Waals surface area contributed by atoms with E-state index in [2.05, 4.69) is 16.0 Å². The highest BCUT2D eigenvalue weighted by molar-refractivity contribution is 5.70. The highest BCUT2D eigenvalue weighted by Gasteiger charge is 2.44. The first-order valence-electron chi connectivity index (χ1n) is 8.60. The van der Waals surface area contributed by atoms with Crippen molar-refractivity contribution < 1.29 is 9.90 Å². The van der Waals surface area contributed by atoms with Gasteiger partial charge in [-0.15, -0.1) is 0 Å². The molecule has 5 nitrogen and oxygen atoms in total. The molecule has 0 aromatic carbocycles. The first-order valence-corrected chi connectivity index (χ1v) is 8.60. The number of aromatic nitrogens is 1. The molecule has 1 atom stereocenters. The Kier molecular flexibility index (Phi) is 4.57. The van der Waals surface area contributed by atoms with Gasteiger partial charge in [-0.25, -0.2) is 4.98 Å². The van der Waals surface area contributed by atoms with Crippen LogP contribution < -0.4 is 4.90 Å². The molecule has 1 aliphatic carbocycles. The largest absolute Gasteiger partial charge is 0.481 e. The number of carboxylic acids is 1. The number of likely N-dealkylation sites (tertiary alicyclic amines) is 1. The fourth-order valence-corrected chi connectivity index (χ4v) is 4.18. The van der Waals surface area contributed by atoms with Gasteiger partial charge in [0.15, 0.2) is 0 Å². The van der Waals surface area contributed by atoms with Gasteiger partial charge in [-0.2, -0.15) is 0 Å². The molecule has 1 N–H and O–H groups in total. The second-order valence-electron chi connectivity index (χ2n) is 7.30. The molecule has 1 aromatic rings. The van der Waals surface area contributed by atoms with E-state index in [-0.39, 0.29) is 11.5 Å². The van der Waals surface area contributed by atoms with E-state index in [1.807, 2.05) is 31.3 Å². The molecule has 1 unspecified atom stereocenters. The monoisotopic (exact) mass is 317 g/mol. The number of hydrogen-bond acceptors (Lipinski definition) is 4. The minimum Gasteiger partial charge on any atom is -0.481 e. The lowest BCUT2D eigenvalue weighted by Crippen LogP contribution is -2.53. The predicted molar refractivity (Wildman–Crippen MR) is 90.5 cm³/mol. The Bertz CT molecular complexity index is 550. The quantitative estimate of drug-likeness (QED) is 0.925. The molecule has 1 aromatic heterocycles. The maximum Gasteiger partial charge on any atom is 0.307 e. The van der Waals surface area contributed by atoms with E-state index in [0.717, 1.165) is 25.2 Å². The molecule has 2 fully saturated rings. The number of hydrogen-bond donors (Lipinski definition) is 1. The Labute approximate surface area is 138 Å². The second kappa shape index (κ2) is 6.48. The van der Waals surface area contributed by atoms with Crippen LogP contribution in [-0.2, 0) is 11.3 Å². The van der Waals surface area contributed by atoms with Crippen molar-refractivity contribution in [2.75, 3.05) is 25.5 Å². The van der Waals surface area contributed by atoms with Crippen LogP contribution in [0.5, 0.6) is 0 Å². The van der Waals surface area contributed by atoms with Gasteiger partial charge in [0.25, 0.3) is 0 Å². The Morgan fingerprint density at radius 1 is 1.35 bits per heavy atom. The van der Waals surface area contributed by atoms with Crippen molar-refractivity contribution in [2.24, 2.45) is 5.92 Å². The first-order chi connectivity index (χ1) is 11.0. The molecule has 2 aliphatic rings. The fourth-order valence-electron chi connectivity index (χ4n) is 4.18. The summed E-state index contributed by atoms with van der Waals surface area (Å²) in [5.74, 6) is 0.0746. The maximum absolute atomic E-state index is 11.4. The number of rotatable bonds is 4. The summed E-state index contributed by atoms with van der Waals surface area (Å²) in [6.45, 7) is 1.48. The van der Waals surface area contributed by atoms with Gasteiger partial charge >= 0.3 is 5.97 Å². The number of carboxylic acid groups (broad SMARTS) is 1. The molecule has 2 heterocycles. The molecular weight excluding hydrogens is 290 g/mol. The van der Waals surface area contributed by atoms with Crippen LogP contribution in [0.3, 0.4) is 0 Å². The van der Waals surface area contributed by atoms with Crippen LogP contribution in [-0.4, -0.2) is 47.1 Å². The van der Waals surface area contributed by atoms with Gasteiger partial charge in [-0.3, -0.25) is 9.69 Å². The summed E-state index contributed by atoms with van der Waals surface area (Å²) < 4.78 is 0. The van der Waals surface area contributed by atoms with Crippen molar-refractivity contribution in [1.82, 2.24) is 9.88 Å². The minimum atomic E-state index is -0.649. The summed E-state index contributed by atoms with van der Waals surface area (Å²) in [6.07, 6.45) is 8.74. The number of pyridine rings is 1. The number of carbonyl (C=O) groups is 1. The van der Waals surface area contributed by atoms with Gasteiger partial charge in [0.1, 0.15) is 5.82 Å². The maximum atomic E-state index is 11.4. The predicted octanol–water partition coefficient (Wildman–Crippen LogP) is 2.76. The summed E-state index contributed by atoms with van der Waals surface area (Å²) in [7, 11) is 3.97. The number of anilines is 1. The SMILES string of the molecule is CN(C)c1ccc(CN2CC(C(=O)O)CCC23CCCC3)cn1. The van der Waals surface area contributed by atoms with E-state index in [4.69, 9.17) is 0 Å². The first kappa shape index (κ1) is 16.2. The van der Waals surface area contributed by atoms with E-state index in [0.29, 0.717) is 6.54 Å². The summed E-state index contributed by atoms with van der Waals surface area (Å²) in [4.78, 5) is 20.4. The molecule has 1 aliphatic heterocycles. The van der Waals surface area contributed by atoms with E-state index >= 15 is 0 Å². The number of nitrogens with zero attached hydrogens (tertiary/aromatic N) is 3. The van der Waals surface area contributed by atoms with Crippen molar-refractivity contribution in [1.29, 1.82) is 0 Å². The molecule has 1 saturated carbocycles. The molecule has 0 bridgehead atoms. The van der Waals surface area contributed by atoms with Crippen LogP contribution in [0.2, 0.25) is 0 Å². The van der Waals surface area contributed by atoms with Crippen molar-refractivity contribution in [3.05, 3.63) is 23.9 Å². The van der Waals surface area contributed by atoms with E-state index < -0.39 is 5.97 Å². The smallest absolute Gasteiger partial charge is 0.307 e. The van der Waals surface area contributed by atoms with Crippen molar-refractivity contribution in [3.8, 4) is 0 Å². The third kappa shape index (κ3) is 3.34. The topological polar surface area (TPSA) is 56.7 Å². The molecule has 0 radical (unpaired) electrons. The van der Waals surface area contributed by atoms with Gasteiger partial charge < -0.3 is 10.0 Å². The highest BCUT2D eigenvalue weighted by Crippen LogP contribution is 2.44. The molecule has 0 amide bonds. The standard InChI is InChI=1S/C18H27N3O2/c1-20(2)16-6-5-14(11-19-16)12-21-13-15(17(22)23)7-10-18(21)8-3-4-9-18/h5-6,11,15H,3-4,7-10,12-13H2,1-2H3,(H,22,23). The van der Waals surface area contributed by atoms with Gasteiger partial charge in [-0.05, 0) is 37.3 Å². The highest BCUT2D eigenvalue weighted by atomic mass is 16.4. The lowest BCUT2D eigenvalue weighted by molar-refractivity contribution is -0.145. The lowest BCUT2D eigenvalue weighted by atomic mass is 9.80. The summed E-state index contributed by atoms with van der Waals surface area (Å²) in [6, 6.07) is 4.16. The zero-order valence-electron chi connectivity index (χ0n) is 14.2. The van der Waals surface area contributed by atoms with Crippen molar-refractivity contribution in [2.45, 2.75) is 50.6 Å². The van der Waals surface area contributed by atoms with Crippen LogP contribution in [0.15, 0.2) is 18.3 Å². The van der Waals surface area contributed by atoms with Crippen molar-refractivity contribution >= 4 is 11.8 Å². The third-order valence-corrected chi connectivity index (χ3v) is 5.59. The molecular formula is C18H27N3O2. The van der Waals surface area contributed by atoms with E-state index in [9.17, 15) is 9.90 Å². The molecule has 3 rings (SSSR count). The third-order valence-electron chi connectivity index (χ3n) is 5.59. The van der Waals surface area contributed by atoms with Crippen LogP contribution >= 0.6 is 0 Å². The summed E-state index contributed by atoms with van der Waals surface area (Å²) in [5.41, 5.74) is 1.40. The zero-order chi connectivity index (χ0) is 16.4. The Balaban J connectivity index is 1.77. The minimum absolute atomic E-state index is 0.227. The van der Waals surface area contributed by atoms with Gasteiger partial charge in [-0.1, -0.05) is 18.9 Å². The lowest BCUT2D eigenvalue weighted by Gasteiger charge is -2.47. The van der Waals surface area contributed by atoms with Gasteiger partial charge in [0.05, 0.1) is 5.92 Å². The second-order valence-corrected chi connectivity index (χ2v) is 7.30. The summed E-state index contributed by atoms with van der Waals surface area (Å²) >= 11 is 0. The van der Waals surface area contributed by atoms with Gasteiger partial charge in [0, 0.05) is 38.9 Å². The number of piperidine rings is 1. The average Bonchev–Trinajstić information content (AvgIpc) is 2.99.